The molecule has 0 aliphatic carbocycles. The Morgan fingerprint density at radius 1 is 0.750 bits per heavy atom. The van der Waals surface area contributed by atoms with Crippen molar-refractivity contribution in [1.82, 2.24) is 14.7 Å². The third-order valence-electron chi connectivity index (χ3n) is 6.98. The Hall–Kier alpha value is -0.120. The first-order chi connectivity index (χ1) is 13.2. The van der Waals surface area contributed by atoms with Crippen molar-refractivity contribution in [1.29, 1.82) is 0 Å². The lowest BCUT2D eigenvalue weighted by atomic mass is 9.87. The molecule has 0 aromatic heterocycles. The molecule has 0 saturated carbocycles. The van der Waals surface area contributed by atoms with Gasteiger partial charge in [0.05, 0.1) is 0 Å². The van der Waals surface area contributed by atoms with E-state index in [9.17, 15) is 0 Å². The molecule has 0 amide bonds. The molecule has 0 N–H and O–H groups in total. The van der Waals surface area contributed by atoms with Crippen molar-refractivity contribution in [3.63, 3.8) is 0 Å². The Labute approximate surface area is 178 Å². The summed E-state index contributed by atoms with van der Waals surface area (Å²) in [5, 5.41) is 0. The highest BCUT2D eigenvalue weighted by Gasteiger charge is 2.21. The standard InChI is InChI=1S/2C9H19N.C7H15N/c1-8(2)9-4-6-10(3)7-5-9;1-8(2)7-9-5-4-6-10(9)3;1-7-4-3-5-8(2)6-7/h2*8-9H,4-7H2,1-3H3;7H,3-6H2,1-2H3. The molecular formula is C25H53N3. The van der Waals surface area contributed by atoms with Gasteiger partial charge in [-0.3, -0.25) is 0 Å². The first-order valence-corrected chi connectivity index (χ1v) is 12.3. The van der Waals surface area contributed by atoms with Gasteiger partial charge in [-0.15, -0.1) is 0 Å². The van der Waals surface area contributed by atoms with Gasteiger partial charge in [0.1, 0.15) is 0 Å². The Bertz CT molecular complexity index is 366. The fourth-order valence-corrected chi connectivity index (χ4v) is 4.94. The van der Waals surface area contributed by atoms with Gasteiger partial charge in [-0.2, -0.15) is 0 Å². The van der Waals surface area contributed by atoms with Crippen LogP contribution in [0.25, 0.3) is 0 Å². The largest absolute Gasteiger partial charge is 0.306 e. The van der Waals surface area contributed by atoms with Crippen LogP contribution >= 0.6 is 0 Å². The summed E-state index contributed by atoms with van der Waals surface area (Å²) in [7, 11) is 6.67. The molecule has 2 unspecified atom stereocenters. The van der Waals surface area contributed by atoms with Crippen molar-refractivity contribution in [3.8, 4) is 0 Å². The minimum absolute atomic E-state index is 0.866. The van der Waals surface area contributed by atoms with E-state index in [1.165, 1.54) is 77.7 Å². The normalized spacial score (nSPS) is 28.1. The summed E-state index contributed by atoms with van der Waals surface area (Å²) in [5.74, 6) is 3.70. The number of likely N-dealkylation sites (tertiary alicyclic amines) is 3. The number of hydrogen-bond acceptors (Lipinski definition) is 3. The molecular weight excluding hydrogens is 342 g/mol. The highest BCUT2D eigenvalue weighted by molar-refractivity contribution is 4.76. The number of nitrogens with zero attached hydrogens (tertiary/aromatic N) is 3. The van der Waals surface area contributed by atoms with Crippen molar-refractivity contribution in [2.24, 2.45) is 23.7 Å². The molecule has 0 spiro atoms. The highest BCUT2D eigenvalue weighted by Crippen LogP contribution is 2.23. The molecule has 3 aliphatic rings. The van der Waals surface area contributed by atoms with Crippen LogP contribution in [0.1, 0.15) is 79.6 Å². The molecule has 0 bridgehead atoms. The number of hydrogen-bond donors (Lipinski definition) is 0. The maximum atomic E-state index is 2.50. The van der Waals surface area contributed by atoms with E-state index in [0.29, 0.717) is 0 Å². The molecule has 3 nitrogen and oxygen atoms in total. The van der Waals surface area contributed by atoms with E-state index in [2.05, 4.69) is 70.5 Å². The van der Waals surface area contributed by atoms with Crippen LogP contribution in [0.2, 0.25) is 0 Å². The number of piperidine rings is 2. The second kappa shape index (κ2) is 14.0. The first-order valence-electron chi connectivity index (χ1n) is 12.3. The van der Waals surface area contributed by atoms with Gasteiger partial charge in [-0.1, -0.05) is 34.6 Å². The molecule has 2 atom stereocenters. The Kier molecular flexibility index (Phi) is 12.9. The third-order valence-corrected chi connectivity index (χ3v) is 6.98. The van der Waals surface area contributed by atoms with Gasteiger partial charge in [0.25, 0.3) is 0 Å². The molecule has 3 heteroatoms. The van der Waals surface area contributed by atoms with Gasteiger partial charge in [0.2, 0.25) is 0 Å². The molecule has 3 heterocycles. The molecule has 0 aromatic rings. The summed E-state index contributed by atoms with van der Waals surface area (Å²) >= 11 is 0. The van der Waals surface area contributed by atoms with E-state index in [0.717, 1.165) is 29.7 Å². The van der Waals surface area contributed by atoms with Crippen LogP contribution in [0.4, 0.5) is 0 Å². The van der Waals surface area contributed by atoms with Crippen molar-refractivity contribution in [2.45, 2.75) is 85.6 Å². The van der Waals surface area contributed by atoms with Gasteiger partial charge in [0.15, 0.2) is 0 Å². The van der Waals surface area contributed by atoms with Crippen LogP contribution in [0.15, 0.2) is 0 Å². The quantitative estimate of drug-likeness (QED) is 0.628. The maximum Gasteiger partial charge on any atom is 0.00951 e. The summed E-state index contributed by atoms with van der Waals surface area (Å²) in [5.41, 5.74) is 0. The molecule has 3 rings (SSSR count). The fourth-order valence-electron chi connectivity index (χ4n) is 4.94. The third kappa shape index (κ3) is 11.2. The van der Waals surface area contributed by atoms with Crippen molar-refractivity contribution in [2.75, 3.05) is 53.9 Å². The van der Waals surface area contributed by atoms with Gasteiger partial charge in [0, 0.05) is 12.6 Å². The van der Waals surface area contributed by atoms with E-state index in [-0.39, 0.29) is 0 Å². The van der Waals surface area contributed by atoms with Crippen LogP contribution in [0.3, 0.4) is 0 Å². The Balaban J connectivity index is 0.000000212. The lowest BCUT2D eigenvalue weighted by molar-refractivity contribution is 0.185. The molecule has 3 saturated heterocycles. The molecule has 28 heavy (non-hydrogen) atoms. The SMILES string of the molecule is CC(C)C1CCN(C)CC1.CC(C)CC1CCCN1C.CC1CCCN(C)C1. The molecule has 168 valence electrons. The minimum Gasteiger partial charge on any atom is -0.306 e. The maximum absolute atomic E-state index is 2.50. The highest BCUT2D eigenvalue weighted by atomic mass is 15.1. The summed E-state index contributed by atoms with van der Waals surface area (Å²) in [6.07, 6.45) is 9.88. The lowest BCUT2D eigenvalue weighted by Crippen LogP contribution is -2.32. The van der Waals surface area contributed by atoms with Gasteiger partial charge < -0.3 is 14.7 Å². The smallest absolute Gasteiger partial charge is 0.00951 e. The van der Waals surface area contributed by atoms with Crippen molar-refractivity contribution in [3.05, 3.63) is 0 Å². The predicted octanol–water partition coefficient (Wildman–Crippen LogP) is 5.46. The zero-order valence-electron chi connectivity index (χ0n) is 20.7. The van der Waals surface area contributed by atoms with E-state index < -0.39 is 0 Å². The summed E-state index contributed by atoms with van der Waals surface area (Å²) in [4.78, 5) is 7.34. The molecule has 3 fully saturated rings. The van der Waals surface area contributed by atoms with Crippen LogP contribution in [-0.2, 0) is 0 Å². The van der Waals surface area contributed by atoms with Gasteiger partial charge in [-0.25, -0.2) is 0 Å². The molecule has 0 radical (unpaired) electrons. The summed E-state index contributed by atoms with van der Waals surface area (Å²) in [6, 6.07) is 0.889. The lowest BCUT2D eigenvalue weighted by Gasteiger charge is -2.31. The van der Waals surface area contributed by atoms with Crippen molar-refractivity contribution < 1.29 is 0 Å². The average Bonchev–Trinajstić information content (AvgIpc) is 3.00. The van der Waals surface area contributed by atoms with E-state index in [1.807, 2.05) is 0 Å². The average molecular weight is 396 g/mol. The van der Waals surface area contributed by atoms with E-state index in [1.54, 1.807) is 0 Å². The zero-order valence-corrected chi connectivity index (χ0v) is 20.7. The van der Waals surface area contributed by atoms with Crippen molar-refractivity contribution >= 4 is 0 Å². The van der Waals surface area contributed by atoms with E-state index in [4.69, 9.17) is 0 Å². The Morgan fingerprint density at radius 2 is 1.36 bits per heavy atom. The van der Waals surface area contributed by atoms with Gasteiger partial charge >= 0.3 is 0 Å². The van der Waals surface area contributed by atoms with Gasteiger partial charge in [-0.05, 0) is 116 Å². The minimum atomic E-state index is 0.866. The first kappa shape index (κ1) is 25.9. The predicted molar refractivity (Wildman–Crippen MR) is 126 cm³/mol. The Morgan fingerprint density at radius 3 is 1.75 bits per heavy atom. The number of rotatable bonds is 3. The molecule has 0 aromatic carbocycles. The zero-order chi connectivity index (χ0) is 21.1. The monoisotopic (exact) mass is 395 g/mol. The fraction of sp³-hybridized carbons (Fsp3) is 1.00. The summed E-state index contributed by atoms with van der Waals surface area (Å²) < 4.78 is 0. The molecule has 3 aliphatic heterocycles. The van der Waals surface area contributed by atoms with Crippen LogP contribution in [-0.4, -0.2) is 74.6 Å². The van der Waals surface area contributed by atoms with Crippen LogP contribution < -0.4 is 0 Å². The second-order valence-electron chi connectivity index (χ2n) is 10.8. The van der Waals surface area contributed by atoms with E-state index >= 15 is 0 Å². The topological polar surface area (TPSA) is 9.72 Å². The second-order valence-corrected chi connectivity index (χ2v) is 10.8. The summed E-state index contributed by atoms with van der Waals surface area (Å²) in [6.45, 7) is 18.2. The van der Waals surface area contributed by atoms with Crippen LogP contribution in [0.5, 0.6) is 0 Å². The van der Waals surface area contributed by atoms with Crippen LogP contribution in [0, 0.1) is 23.7 Å².